The average molecular weight is 263 g/mol. The average Bonchev–Trinajstić information content (AvgIpc) is 2.36. The lowest BCUT2D eigenvalue weighted by Gasteiger charge is -2.08. The summed E-state index contributed by atoms with van der Waals surface area (Å²) in [5.74, 6) is -1.99. The summed E-state index contributed by atoms with van der Waals surface area (Å²) >= 11 is 0. The number of phenols is 1. The van der Waals surface area contributed by atoms with E-state index in [0.29, 0.717) is 11.3 Å². The highest BCUT2D eigenvalue weighted by molar-refractivity contribution is 6.06. The number of carbonyl (C=O) groups excluding carboxylic acids is 1. The summed E-state index contributed by atoms with van der Waals surface area (Å²) in [7, 11) is 0. The normalized spacial score (nSPS) is 10.3. The first kappa shape index (κ1) is 13.0. The number of aryl methyl sites for hydroxylation is 1. The monoisotopic (exact) mass is 263 g/mol. The number of rotatable bonds is 2. The first-order chi connectivity index (χ1) is 8.97. The van der Waals surface area contributed by atoms with E-state index in [1.54, 1.807) is 6.92 Å². The minimum Gasteiger partial charge on any atom is -0.507 e. The number of carbonyl (C=O) groups is 1. The van der Waals surface area contributed by atoms with Gasteiger partial charge in [0.15, 0.2) is 0 Å². The molecule has 0 unspecified atom stereocenters. The number of benzene rings is 2. The van der Waals surface area contributed by atoms with Gasteiger partial charge in [-0.05, 0) is 48.9 Å². The van der Waals surface area contributed by atoms with Crippen LogP contribution in [-0.4, -0.2) is 11.0 Å². The molecule has 0 aliphatic heterocycles. The maximum absolute atomic E-state index is 13.1. The Balaban J connectivity index is 2.25. The Kier molecular flexibility index (Phi) is 3.46. The van der Waals surface area contributed by atoms with E-state index in [2.05, 4.69) is 5.32 Å². The molecule has 0 bridgehead atoms. The molecule has 0 saturated carbocycles. The van der Waals surface area contributed by atoms with Crippen LogP contribution < -0.4 is 5.32 Å². The number of nitrogens with one attached hydrogen (secondary N) is 1. The Morgan fingerprint density at radius 2 is 1.89 bits per heavy atom. The van der Waals surface area contributed by atoms with Gasteiger partial charge in [-0.25, -0.2) is 8.78 Å². The predicted molar refractivity (Wildman–Crippen MR) is 67.2 cm³/mol. The molecule has 0 heterocycles. The molecule has 1 amide bonds. The molecule has 2 aromatic rings. The fourth-order valence-corrected chi connectivity index (χ4v) is 1.61. The summed E-state index contributed by atoms with van der Waals surface area (Å²) in [6.07, 6.45) is 0. The maximum atomic E-state index is 13.1. The van der Waals surface area contributed by atoms with Gasteiger partial charge in [0.05, 0.1) is 5.56 Å². The molecule has 0 saturated heterocycles. The Morgan fingerprint density at radius 1 is 1.16 bits per heavy atom. The molecule has 19 heavy (non-hydrogen) atoms. The third-order valence-corrected chi connectivity index (χ3v) is 2.62. The number of anilines is 1. The fraction of sp³-hybridized carbons (Fsp3) is 0.0714. The second-order valence-corrected chi connectivity index (χ2v) is 4.08. The molecule has 0 aliphatic rings. The van der Waals surface area contributed by atoms with E-state index >= 15 is 0 Å². The van der Waals surface area contributed by atoms with Crippen molar-refractivity contribution in [1.29, 1.82) is 0 Å². The van der Waals surface area contributed by atoms with Crippen LogP contribution in [0, 0.1) is 18.6 Å². The molecule has 0 aliphatic carbocycles. The lowest BCUT2D eigenvalue weighted by molar-refractivity contribution is 0.102. The lowest BCUT2D eigenvalue weighted by Crippen LogP contribution is -2.12. The Bertz CT molecular complexity index is 641. The first-order valence-electron chi connectivity index (χ1n) is 5.53. The van der Waals surface area contributed by atoms with Gasteiger partial charge in [0.2, 0.25) is 0 Å². The quantitative estimate of drug-likeness (QED) is 0.873. The van der Waals surface area contributed by atoms with Gasteiger partial charge in [-0.15, -0.1) is 0 Å². The molecule has 2 aromatic carbocycles. The number of amides is 1. The van der Waals surface area contributed by atoms with Gasteiger partial charge < -0.3 is 10.4 Å². The molecule has 2 N–H and O–H groups in total. The van der Waals surface area contributed by atoms with E-state index < -0.39 is 11.7 Å². The number of phenolic OH excluding ortho intramolecular Hbond substituents is 1. The third kappa shape index (κ3) is 2.88. The third-order valence-electron chi connectivity index (χ3n) is 2.62. The van der Waals surface area contributed by atoms with Crippen molar-refractivity contribution in [3.63, 3.8) is 0 Å². The highest BCUT2D eigenvalue weighted by Crippen LogP contribution is 2.20. The highest BCUT2D eigenvalue weighted by atomic mass is 19.1. The summed E-state index contributed by atoms with van der Waals surface area (Å²) in [6, 6.07) is 7.13. The van der Waals surface area contributed by atoms with Crippen molar-refractivity contribution in [3.8, 4) is 5.75 Å². The second kappa shape index (κ2) is 5.06. The standard InChI is InChI=1S/C14H11F2NO2/c1-8-6-10(3-4-12(8)16)17-14(19)11-7-9(15)2-5-13(11)18/h2-7,18H,1H3,(H,17,19). The van der Waals surface area contributed by atoms with Crippen molar-refractivity contribution in [3.05, 3.63) is 59.2 Å². The van der Waals surface area contributed by atoms with Gasteiger partial charge in [-0.3, -0.25) is 4.79 Å². The van der Waals surface area contributed by atoms with E-state index in [9.17, 15) is 18.7 Å². The van der Waals surface area contributed by atoms with Crippen molar-refractivity contribution in [2.45, 2.75) is 6.92 Å². The minimum absolute atomic E-state index is 0.179. The van der Waals surface area contributed by atoms with Gasteiger partial charge in [-0.2, -0.15) is 0 Å². The van der Waals surface area contributed by atoms with Crippen molar-refractivity contribution in [2.75, 3.05) is 5.32 Å². The largest absolute Gasteiger partial charge is 0.507 e. The van der Waals surface area contributed by atoms with Crippen LogP contribution in [0.4, 0.5) is 14.5 Å². The lowest BCUT2D eigenvalue weighted by atomic mass is 10.1. The molecule has 2 rings (SSSR count). The van der Waals surface area contributed by atoms with Gasteiger partial charge in [-0.1, -0.05) is 0 Å². The Hall–Kier alpha value is -2.43. The number of aromatic hydroxyl groups is 1. The summed E-state index contributed by atoms with van der Waals surface area (Å²) < 4.78 is 26.1. The van der Waals surface area contributed by atoms with Crippen molar-refractivity contribution in [1.82, 2.24) is 0 Å². The van der Waals surface area contributed by atoms with Crippen LogP contribution in [0.1, 0.15) is 15.9 Å². The van der Waals surface area contributed by atoms with Crippen LogP contribution >= 0.6 is 0 Å². The number of halogens is 2. The zero-order chi connectivity index (χ0) is 14.0. The Morgan fingerprint density at radius 3 is 2.58 bits per heavy atom. The van der Waals surface area contributed by atoms with E-state index in [0.717, 1.165) is 18.2 Å². The number of hydrogen-bond acceptors (Lipinski definition) is 2. The second-order valence-electron chi connectivity index (χ2n) is 4.08. The zero-order valence-electron chi connectivity index (χ0n) is 10.1. The molecule has 0 fully saturated rings. The molecule has 5 heteroatoms. The molecular weight excluding hydrogens is 252 g/mol. The Labute approximate surface area is 108 Å². The molecule has 98 valence electrons. The van der Waals surface area contributed by atoms with Gasteiger partial charge in [0, 0.05) is 5.69 Å². The van der Waals surface area contributed by atoms with Crippen LogP contribution in [0.2, 0.25) is 0 Å². The molecule has 0 atom stereocenters. The minimum atomic E-state index is -0.664. The van der Waals surface area contributed by atoms with E-state index in [1.165, 1.54) is 18.2 Å². The van der Waals surface area contributed by atoms with Crippen LogP contribution in [0.5, 0.6) is 5.75 Å². The van der Waals surface area contributed by atoms with Crippen LogP contribution in [0.25, 0.3) is 0 Å². The van der Waals surface area contributed by atoms with Crippen LogP contribution in [-0.2, 0) is 0 Å². The highest BCUT2D eigenvalue weighted by Gasteiger charge is 2.12. The van der Waals surface area contributed by atoms with Gasteiger partial charge in [0.1, 0.15) is 17.4 Å². The maximum Gasteiger partial charge on any atom is 0.259 e. The summed E-state index contributed by atoms with van der Waals surface area (Å²) in [6.45, 7) is 1.56. The first-order valence-corrected chi connectivity index (χ1v) is 5.53. The van der Waals surface area contributed by atoms with Crippen molar-refractivity contribution >= 4 is 11.6 Å². The van der Waals surface area contributed by atoms with Crippen molar-refractivity contribution < 1.29 is 18.7 Å². The summed E-state index contributed by atoms with van der Waals surface area (Å²) in [5, 5.41) is 12.0. The van der Waals surface area contributed by atoms with Crippen molar-refractivity contribution in [2.24, 2.45) is 0 Å². The van der Waals surface area contributed by atoms with Gasteiger partial charge >= 0.3 is 0 Å². The molecular formula is C14H11F2NO2. The van der Waals surface area contributed by atoms with Crippen LogP contribution in [0.15, 0.2) is 36.4 Å². The SMILES string of the molecule is Cc1cc(NC(=O)c2cc(F)ccc2O)ccc1F. The van der Waals surface area contributed by atoms with E-state index in [1.807, 2.05) is 0 Å². The molecule has 0 aromatic heterocycles. The summed E-state index contributed by atoms with van der Waals surface area (Å²) in [5.41, 5.74) is 0.566. The van der Waals surface area contributed by atoms with Gasteiger partial charge in [0.25, 0.3) is 5.91 Å². The molecule has 0 spiro atoms. The topological polar surface area (TPSA) is 49.3 Å². The summed E-state index contributed by atoms with van der Waals surface area (Å²) in [4.78, 5) is 11.9. The van der Waals surface area contributed by atoms with E-state index in [-0.39, 0.29) is 17.1 Å². The molecule has 3 nitrogen and oxygen atoms in total. The fourth-order valence-electron chi connectivity index (χ4n) is 1.61. The van der Waals surface area contributed by atoms with E-state index in [4.69, 9.17) is 0 Å². The van der Waals surface area contributed by atoms with Crippen LogP contribution in [0.3, 0.4) is 0 Å². The smallest absolute Gasteiger partial charge is 0.259 e. The number of hydrogen-bond donors (Lipinski definition) is 2. The molecule has 0 radical (unpaired) electrons. The predicted octanol–water partition coefficient (Wildman–Crippen LogP) is 3.23. The zero-order valence-corrected chi connectivity index (χ0v) is 10.1.